The number of nitrogens with one attached hydrogen (secondary N) is 1. The van der Waals surface area contributed by atoms with Gasteiger partial charge in [-0.05, 0) is 61.4 Å². The molecule has 0 spiro atoms. The fraction of sp³-hybridized carbons (Fsp3) is 0.300. The van der Waals surface area contributed by atoms with E-state index in [0.29, 0.717) is 35.2 Å². The zero-order valence-corrected chi connectivity index (χ0v) is 15.3. The highest BCUT2D eigenvalue weighted by Crippen LogP contribution is 2.30. The van der Waals surface area contributed by atoms with Crippen LogP contribution >= 0.6 is 11.6 Å². The number of likely N-dealkylation sites (N-methyl/N-ethyl adjacent to an activating group) is 1. The van der Waals surface area contributed by atoms with Crippen molar-refractivity contribution in [3.05, 3.63) is 59.1 Å². The molecule has 3 rings (SSSR count). The molecule has 0 aliphatic heterocycles. The molecule has 2 aromatic carbocycles. The van der Waals surface area contributed by atoms with Crippen LogP contribution in [0.3, 0.4) is 0 Å². The molecule has 6 heteroatoms. The van der Waals surface area contributed by atoms with Gasteiger partial charge in [0, 0.05) is 29.2 Å². The quantitative estimate of drug-likeness (QED) is 0.803. The van der Waals surface area contributed by atoms with Crippen molar-refractivity contribution in [2.45, 2.75) is 12.8 Å². The molecule has 0 heterocycles. The van der Waals surface area contributed by atoms with E-state index in [4.69, 9.17) is 16.3 Å². The third kappa shape index (κ3) is 4.99. The van der Waals surface area contributed by atoms with E-state index in [2.05, 4.69) is 5.32 Å². The van der Waals surface area contributed by atoms with E-state index in [9.17, 15) is 9.59 Å². The van der Waals surface area contributed by atoms with E-state index in [1.165, 1.54) is 0 Å². The van der Waals surface area contributed by atoms with Crippen molar-refractivity contribution in [2.75, 3.05) is 25.5 Å². The maximum absolute atomic E-state index is 12.4. The molecular weight excluding hydrogens is 352 g/mol. The summed E-state index contributed by atoms with van der Waals surface area (Å²) < 4.78 is 5.61. The van der Waals surface area contributed by atoms with Gasteiger partial charge in [-0.25, -0.2) is 0 Å². The zero-order valence-electron chi connectivity index (χ0n) is 14.6. The Morgan fingerprint density at radius 3 is 2.38 bits per heavy atom. The Labute approximate surface area is 157 Å². The Balaban J connectivity index is 1.47. The lowest BCUT2D eigenvalue weighted by molar-refractivity contribution is -0.117. The summed E-state index contributed by atoms with van der Waals surface area (Å²) in [6.45, 7) is 0.848. The average Bonchev–Trinajstić information content (AvgIpc) is 3.48. The number of hydrogen-bond donors (Lipinski definition) is 1. The Bertz CT molecular complexity index is 771. The number of nitrogens with zero attached hydrogens (tertiary/aromatic N) is 1. The van der Waals surface area contributed by atoms with Crippen molar-refractivity contribution in [3.8, 4) is 5.75 Å². The fourth-order valence-corrected chi connectivity index (χ4v) is 2.57. The van der Waals surface area contributed by atoms with Crippen molar-refractivity contribution in [1.82, 2.24) is 4.90 Å². The number of carbonyl (C=O) groups excluding carboxylic acids is 2. The Hall–Kier alpha value is -2.53. The molecule has 1 aliphatic rings. The van der Waals surface area contributed by atoms with Crippen LogP contribution in [0.25, 0.3) is 0 Å². The maximum atomic E-state index is 12.4. The normalized spacial score (nSPS) is 13.2. The van der Waals surface area contributed by atoms with Crippen molar-refractivity contribution in [2.24, 2.45) is 5.92 Å². The second-order valence-corrected chi connectivity index (χ2v) is 6.81. The van der Waals surface area contributed by atoms with Gasteiger partial charge in [0.15, 0.2) is 0 Å². The summed E-state index contributed by atoms with van der Waals surface area (Å²) in [5, 5.41) is 3.52. The van der Waals surface area contributed by atoms with Crippen LogP contribution in [-0.2, 0) is 4.79 Å². The van der Waals surface area contributed by atoms with Crippen LogP contribution in [-0.4, -0.2) is 36.9 Å². The number of hydrogen-bond acceptors (Lipinski definition) is 3. The smallest absolute Gasteiger partial charge is 0.253 e. The lowest BCUT2D eigenvalue weighted by atomic mass is 10.2. The molecule has 0 atom stereocenters. The molecule has 26 heavy (non-hydrogen) atoms. The van der Waals surface area contributed by atoms with Crippen LogP contribution < -0.4 is 10.1 Å². The van der Waals surface area contributed by atoms with Gasteiger partial charge in [0.05, 0.1) is 6.54 Å². The number of halogens is 1. The fourth-order valence-electron chi connectivity index (χ4n) is 2.44. The van der Waals surface area contributed by atoms with Gasteiger partial charge in [-0.2, -0.15) is 0 Å². The summed E-state index contributed by atoms with van der Waals surface area (Å²) >= 11 is 5.83. The van der Waals surface area contributed by atoms with E-state index in [1.807, 2.05) is 0 Å². The molecule has 1 saturated carbocycles. The predicted octanol–water partition coefficient (Wildman–Crippen LogP) is 3.84. The van der Waals surface area contributed by atoms with E-state index >= 15 is 0 Å². The first kappa shape index (κ1) is 18.3. The third-order valence-corrected chi connectivity index (χ3v) is 4.46. The third-order valence-electron chi connectivity index (χ3n) is 4.20. The van der Waals surface area contributed by atoms with Crippen LogP contribution in [0.5, 0.6) is 5.75 Å². The summed E-state index contributed by atoms with van der Waals surface area (Å²) in [5.41, 5.74) is 1.29. The minimum atomic E-state index is -0.0928. The van der Waals surface area contributed by atoms with E-state index in [-0.39, 0.29) is 17.7 Å². The van der Waals surface area contributed by atoms with Crippen molar-refractivity contribution in [1.29, 1.82) is 0 Å². The molecule has 2 aromatic rings. The molecule has 0 radical (unpaired) electrons. The monoisotopic (exact) mass is 372 g/mol. The topological polar surface area (TPSA) is 58.6 Å². The van der Waals surface area contributed by atoms with Crippen molar-refractivity contribution in [3.63, 3.8) is 0 Å². The van der Waals surface area contributed by atoms with Gasteiger partial charge in [-0.3, -0.25) is 9.59 Å². The Morgan fingerprint density at radius 1 is 1.12 bits per heavy atom. The van der Waals surface area contributed by atoms with Gasteiger partial charge >= 0.3 is 0 Å². The van der Waals surface area contributed by atoms with E-state index in [0.717, 1.165) is 12.8 Å². The lowest BCUT2D eigenvalue weighted by Crippen LogP contribution is -2.30. The van der Waals surface area contributed by atoms with Crippen LogP contribution in [0.15, 0.2) is 48.5 Å². The minimum absolute atomic E-state index is 0.0561. The van der Waals surface area contributed by atoms with Gasteiger partial charge in [0.25, 0.3) is 5.91 Å². The van der Waals surface area contributed by atoms with Crippen LogP contribution in [0.1, 0.15) is 23.2 Å². The number of amides is 2. The van der Waals surface area contributed by atoms with Crippen LogP contribution in [0.2, 0.25) is 5.02 Å². The predicted molar refractivity (Wildman–Crippen MR) is 102 cm³/mol. The van der Waals surface area contributed by atoms with Gasteiger partial charge in [0.1, 0.15) is 12.4 Å². The average molecular weight is 373 g/mol. The van der Waals surface area contributed by atoms with Crippen molar-refractivity contribution < 1.29 is 14.3 Å². The highest BCUT2D eigenvalue weighted by molar-refractivity contribution is 6.30. The molecule has 0 unspecified atom stereocenters. The Kier molecular flexibility index (Phi) is 5.78. The molecule has 1 fully saturated rings. The van der Waals surface area contributed by atoms with Gasteiger partial charge in [-0.1, -0.05) is 11.6 Å². The summed E-state index contributed by atoms with van der Waals surface area (Å²) in [7, 11) is 1.73. The summed E-state index contributed by atoms with van der Waals surface area (Å²) in [5.74, 6) is 0.833. The number of rotatable bonds is 7. The van der Waals surface area contributed by atoms with Gasteiger partial charge in [-0.15, -0.1) is 0 Å². The van der Waals surface area contributed by atoms with Crippen LogP contribution in [0, 0.1) is 5.92 Å². The molecule has 136 valence electrons. The second-order valence-electron chi connectivity index (χ2n) is 6.37. The van der Waals surface area contributed by atoms with E-state index in [1.54, 1.807) is 60.5 Å². The number of anilines is 1. The molecule has 1 N–H and O–H groups in total. The van der Waals surface area contributed by atoms with Crippen molar-refractivity contribution >= 4 is 29.1 Å². The molecule has 1 aliphatic carbocycles. The second kappa shape index (κ2) is 8.23. The summed E-state index contributed by atoms with van der Waals surface area (Å²) in [6.07, 6.45) is 1.93. The van der Waals surface area contributed by atoms with Gasteiger partial charge < -0.3 is 15.0 Å². The molecule has 0 saturated heterocycles. The highest BCUT2D eigenvalue weighted by atomic mass is 35.5. The number of ether oxygens (including phenoxy) is 1. The van der Waals surface area contributed by atoms with Gasteiger partial charge in [0.2, 0.25) is 5.91 Å². The maximum Gasteiger partial charge on any atom is 0.253 e. The molecule has 5 nitrogen and oxygen atoms in total. The van der Waals surface area contributed by atoms with E-state index < -0.39 is 0 Å². The number of carbonyl (C=O) groups is 2. The highest BCUT2D eigenvalue weighted by Gasteiger charge is 2.29. The first-order valence-corrected chi connectivity index (χ1v) is 8.95. The largest absolute Gasteiger partial charge is 0.492 e. The lowest BCUT2D eigenvalue weighted by Gasteiger charge is -2.18. The molecule has 0 aromatic heterocycles. The molecule has 0 bridgehead atoms. The first-order valence-electron chi connectivity index (χ1n) is 8.57. The molecule has 2 amide bonds. The SMILES string of the molecule is CN(CCOc1ccc(Cl)cc1)C(=O)c1ccc(NC(=O)C2CC2)cc1. The molecular formula is C20H21ClN2O3. The zero-order chi connectivity index (χ0) is 18.5. The number of benzene rings is 2. The summed E-state index contributed by atoms with van der Waals surface area (Å²) in [4.78, 5) is 25.8. The van der Waals surface area contributed by atoms with Crippen LogP contribution in [0.4, 0.5) is 5.69 Å². The Morgan fingerprint density at radius 2 is 1.77 bits per heavy atom. The first-order chi connectivity index (χ1) is 12.5. The standard InChI is InChI=1S/C20H21ClN2O3/c1-23(12-13-26-18-10-6-16(21)7-11-18)20(25)15-4-8-17(9-5-15)22-19(24)14-2-3-14/h4-11,14H,2-3,12-13H2,1H3,(H,22,24). The summed E-state index contributed by atoms with van der Waals surface area (Å²) in [6, 6.07) is 14.1. The minimum Gasteiger partial charge on any atom is -0.492 e.